The number of carbonyl (C=O) groups is 1. The second-order valence-electron chi connectivity index (χ2n) is 2.92. The van der Waals surface area contributed by atoms with Crippen molar-refractivity contribution >= 4 is 6.16 Å². The van der Waals surface area contributed by atoms with Crippen LogP contribution in [-0.2, 0) is 9.47 Å². The Bertz CT molecular complexity index is 99.9. The summed E-state index contributed by atoms with van der Waals surface area (Å²) < 4.78 is 9.89. The quantitative estimate of drug-likeness (QED) is 0.632. The largest absolute Gasteiger partial charge is 0.503 e. The fourth-order valence-electron chi connectivity index (χ4n) is 1.02. The molecule has 5 heteroatoms. The van der Waals surface area contributed by atoms with E-state index in [2.05, 4.69) is 0 Å². The standard InChI is InChI=1S/2C4H8O.CH2O3/c2*1-2-4-5-3-1;2-1(3)4/h2*1-4H2;(H2,2,3,4). The van der Waals surface area contributed by atoms with Gasteiger partial charge in [0.25, 0.3) is 0 Å². The minimum Gasteiger partial charge on any atom is -0.450 e. The number of hydrogen-bond acceptors (Lipinski definition) is 3. The molecule has 0 aromatic carbocycles. The summed E-state index contributed by atoms with van der Waals surface area (Å²) in [5, 5.41) is 13.9. The monoisotopic (exact) mass is 206 g/mol. The lowest BCUT2D eigenvalue weighted by atomic mass is 10.4. The van der Waals surface area contributed by atoms with E-state index in [4.69, 9.17) is 24.5 Å². The van der Waals surface area contributed by atoms with Gasteiger partial charge in [-0.25, -0.2) is 4.79 Å². The van der Waals surface area contributed by atoms with Gasteiger partial charge in [0.15, 0.2) is 0 Å². The van der Waals surface area contributed by atoms with Crippen LogP contribution in [0.3, 0.4) is 0 Å². The second-order valence-corrected chi connectivity index (χ2v) is 2.92. The molecule has 0 bridgehead atoms. The molecule has 0 spiro atoms. The Kier molecular flexibility index (Phi) is 9.68. The van der Waals surface area contributed by atoms with Crippen molar-refractivity contribution in [2.24, 2.45) is 0 Å². The van der Waals surface area contributed by atoms with Gasteiger partial charge < -0.3 is 19.7 Å². The lowest BCUT2D eigenvalue weighted by Gasteiger charge is -1.76. The molecule has 2 N–H and O–H groups in total. The highest BCUT2D eigenvalue weighted by molar-refractivity contribution is 5.53. The first-order valence-corrected chi connectivity index (χ1v) is 4.81. The van der Waals surface area contributed by atoms with E-state index in [1.54, 1.807) is 0 Å². The van der Waals surface area contributed by atoms with E-state index in [-0.39, 0.29) is 0 Å². The Balaban J connectivity index is 0.000000183. The summed E-state index contributed by atoms with van der Waals surface area (Å²) in [6.07, 6.45) is 3.28. The van der Waals surface area contributed by atoms with Crippen molar-refractivity contribution in [3.8, 4) is 0 Å². The predicted molar refractivity (Wildman–Crippen MR) is 50.8 cm³/mol. The topological polar surface area (TPSA) is 76.0 Å². The molecule has 0 unspecified atom stereocenters. The molecule has 0 aromatic heterocycles. The molecule has 0 atom stereocenters. The highest BCUT2D eigenvalue weighted by Gasteiger charge is 1.95. The van der Waals surface area contributed by atoms with Crippen molar-refractivity contribution in [1.29, 1.82) is 0 Å². The van der Waals surface area contributed by atoms with Crippen LogP contribution in [0.15, 0.2) is 0 Å². The van der Waals surface area contributed by atoms with Gasteiger partial charge in [-0.3, -0.25) is 0 Å². The molecule has 0 amide bonds. The second kappa shape index (κ2) is 10.3. The third kappa shape index (κ3) is 13.8. The molecule has 0 saturated carbocycles. The summed E-state index contributed by atoms with van der Waals surface area (Å²) in [4.78, 5) is 8.56. The molecule has 14 heavy (non-hydrogen) atoms. The molecule has 2 aliphatic rings. The average molecular weight is 206 g/mol. The molecule has 2 fully saturated rings. The zero-order chi connectivity index (χ0) is 10.6. The summed E-state index contributed by atoms with van der Waals surface area (Å²) in [5.74, 6) is 0. The molecule has 0 radical (unpaired) electrons. The molecule has 84 valence electrons. The highest BCUT2D eigenvalue weighted by atomic mass is 16.6. The Morgan fingerprint density at radius 3 is 1.07 bits per heavy atom. The average Bonchev–Trinajstić information content (AvgIpc) is 2.83. The number of ether oxygens (including phenoxy) is 2. The van der Waals surface area contributed by atoms with Gasteiger partial charge in [0.05, 0.1) is 0 Å². The first-order valence-electron chi connectivity index (χ1n) is 4.81. The molecule has 2 heterocycles. The van der Waals surface area contributed by atoms with Crippen LogP contribution in [0, 0.1) is 0 Å². The van der Waals surface area contributed by atoms with Crippen LogP contribution in [0.4, 0.5) is 4.79 Å². The highest BCUT2D eigenvalue weighted by Crippen LogP contribution is 1.98. The van der Waals surface area contributed by atoms with E-state index in [0.717, 1.165) is 26.4 Å². The van der Waals surface area contributed by atoms with Gasteiger partial charge in [0.1, 0.15) is 0 Å². The zero-order valence-electron chi connectivity index (χ0n) is 8.28. The van der Waals surface area contributed by atoms with Crippen LogP contribution in [0.2, 0.25) is 0 Å². The van der Waals surface area contributed by atoms with Crippen LogP contribution in [0.25, 0.3) is 0 Å². The molecule has 2 rings (SSSR count). The van der Waals surface area contributed by atoms with E-state index in [1.807, 2.05) is 0 Å². The van der Waals surface area contributed by atoms with Crippen molar-refractivity contribution < 1.29 is 24.5 Å². The summed E-state index contributed by atoms with van der Waals surface area (Å²) in [6.45, 7) is 4.00. The summed E-state index contributed by atoms with van der Waals surface area (Å²) in [7, 11) is 0. The van der Waals surface area contributed by atoms with Gasteiger partial charge in [0, 0.05) is 26.4 Å². The number of carboxylic acid groups (broad SMARTS) is 2. The van der Waals surface area contributed by atoms with Gasteiger partial charge in [-0.15, -0.1) is 0 Å². The summed E-state index contributed by atoms with van der Waals surface area (Å²) >= 11 is 0. The fourth-order valence-corrected chi connectivity index (χ4v) is 1.02. The molecular weight excluding hydrogens is 188 g/mol. The van der Waals surface area contributed by atoms with E-state index >= 15 is 0 Å². The first-order chi connectivity index (χ1) is 6.73. The zero-order valence-corrected chi connectivity index (χ0v) is 8.28. The third-order valence-corrected chi connectivity index (χ3v) is 1.65. The van der Waals surface area contributed by atoms with Crippen molar-refractivity contribution in [2.75, 3.05) is 26.4 Å². The minimum absolute atomic E-state index is 1.00. The Morgan fingerprint density at radius 1 is 0.786 bits per heavy atom. The van der Waals surface area contributed by atoms with Gasteiger partial charge in [-0.2, -0.15) is 0 Å². The van der Waals surface area contributed by atoms with Crippen LogP contribution in [-0.4, -0.2) is 42.8 Å². The van der Waals surface area contributed by atoms with Crippen LogP contribution >= 0.6 is 0 Å². The molecule has 5 nitrogen and oxygen atoms in total. The van der Waals surface area contributed by atoms with Gasteiger partial charge in [0.2, 0.25) is 0 Å². The molecule has 0 aromatic rings. The lowest BCUT2D eigenvalue weighted by molar-refractivity contribution is 0.137. The molecular formula is C9H18O5. The Labute approximate surface area is 83.6 Å². The van der Waals surface area contributed by atoms with E-state index in [0.29, 0.717) is 0 Å². The van der Waals surface area contributed by atoms with Crippen LogP contribution < -0.4 is 0 Å². The molecule has 2 aliphatic heterocycles. The predicted octanol–water partition coefficient (Wildman–Crippen LogP) is 1.82. The van der Waals surface area contributed by atoms with Crippen LogP contribution in [0.1, 0.15) is 25.7 Å². The van der Waals surface area contributed by atoms with Crippen molar-refractivity contribution in [3.63, 3.8) is 0 Å². The maximum absolute atomic E-state index is 8.56. The molecule has 2 saturated heterocycles. The number of hydrogen-bond donors (Lipinski definition) is 2. The maximum Gasteiger partial charge on any atom is 0.503 e. The first kappa shape index (κ1) is 13.2. The third-order valence-electron chi connectivity index (χ3n) is 1.65. The Morgan fingerprint density at radius 2 is 1.00 bits per heavy atom. The minimum atomic E-state index is -1.83. The number of rotatable bonds is 0. The summed E-state index contributed by atoms with van der Waals surface area (Å²) in [6, 6.07) is 0. The smallest absolute Gasteiger partial charge is 0.450 e. The molecule has 0 aliphatic carbocycles. The van der Waals surface area contributed by atoms with Gasteiger partial charge in [-0.1, -0.05) is 0 Å². The summed E-state index contributed by atoms with van der Waals surface area (Å²) in [5.41, 5.74) is 0. The van der Waals surface area contributed by atoms with Crippen LogP contribution in [0.5, 0.6) is 0 Å². The Hall–Kier alpha value is -0.810. The lowest BCUT2D eigenvalue weighted by Crippen LogP contribution is -1.81. The fraction of sp³-hybridized carbons (Fsp3) is 0.889. The van der Waals surface area contributed by atoms with E-state index < -0.39 is 6.16 Å². The maximum atomic E-state index is 8.56. The van der Waals surface area contributed by atoms with Crippen molar-refractivity contribution in [1.82, 2.24) is 0 Å². The SMILES string of the molecule is C1CCOC1.C1CCOC1.O=C(O)O. The van der Waals surface area contributed by atoms with E-state index in [1.165, 1.54) is 25.7 Å². The van der Waals surface area contributed by atoms with Crippen molar-refractivity contribution in [3.05, 3.63) is 0 Å². The normalized spacial score (nSPS) is 18.9. The van der Waals surface area contributed by atoms with Crippen molar-refractivity contribution in [2.45, 2.75) is 25.7 Å². The van der Waals surface area contributed by atoms with Gasteiger partial charge in [-0.05, 0) is 25.7 Å². The van der Waals surface area contributed by atoms with E-state index in [9.17, 15) is 0 Å². The van der Waals surface area contributed by atoms with Gasteiger partial charge >= 0.3 is 6.16 Å².